The molecule has 1 atom stereocenters. The third-order valence-electron chi connectivity index (χ3n) is 4.11. The summed E-state index contributed by atoms with van der Waals surface area (Å²) in [7, 11) is 0. The van der Waals surface area contributed by atoms with Crippen LogP contribution >= 0.6 is 0 Å². The number of fused-ring (bicyclic) bond motifs is 2. The molecule has 128 valence electrons. The van der Waals surface area contributed by atoms with Gasteiger partial charge in [0.25, 0.3) is 0 Å². The van der Waals surface area contributed by atoms with Crippen molar-refractivity contribution in [2.45, 2.75) is 6.04 Å². The molecule has 1 heterocycles. The van der Waals surface area contributed by atoms with Gasteiger partial charge in [-0.3, -0.25) is 0 Å². The van der Waals surface area contributed by atoms with E-state index in [-0.39, 0.29) is 57.1 Å². The fourth-order valence-electron chi connectivity index (χ4n) is 2.97. The Bertz CT molecular complexity index is 891. The Morgan fingerprint density at radius 1 is 0.769 bits per heavy atom. The number of hydrogen-bond acceptors (Lipinski definition) is 0. The van der Waals surface area contributed by atoms with E-state index in [2.05, 4.69) is 77.6 Å². The average molecular weight is 458 g/mol. The Morgan fingerprint density at radius 2 is 1.35 bits per heavy atom. The second kappa shape index (κ2) is 10.6. The van der Waals surface area contributed by atoms with Crippen LogP contribution in [0.15, 0.2) is 91.3 Å². The maximum Gasteiger partial charge on any atom is 4.00 e. The van der Waals surface area contributed by atoms with E-state index in [4.69, 9.17) is 0 Å². The first-order valence-electron chi connectivity index (χ1n) is 7.83. The number of benzene rings is 2. The standard InChI is InChI=1S/C17H12N.C5H5.2ClH.Zr/c1-2-7-15-12-18(11-14(15)6-1)17-10-9-13-5-3-4-8-16(13)17;1-2-4-5-3-1;;;/h1-9,11-12,17H;1-5H;2*1H;/q2*-1;;;+4/p-2. The first-order chi connectivity index (χ1) is 11.4. The zero-order valence-corrected chi connectivity index (χ0v) is 18.0. The summed E-state index contributed by atoms with van der Waals surface area (Å²) in [6, 6.07) is 27.2. The minimum atomic E-state index is 0. The van der Waals surface area contributed by atoms with Crippen molar-refractivity contribution in [3.8, 4) is 0 Å². The Hall–Kier alpha value is -1.47. The van der Waals surface area contributed by atoms with Gasteiger partial charge in [-0.05, 0) is 16.8 Å². The first kappa shape index (κ1) is 22.6. The summed E-state index contributed by atoms with van der Waals surface area (Å²) in [6.07, 6.45) is 9.92. The monoisotopic (exact) mass is 455 g/mol. The molecular formula is C22H17Cl2NZr. The molecule has 1 aliphatic rings. The Kier molecular flexibility index (Phi) is 9.23. The van der Waals surface area contributed by atoms with Gasteiger partial charge in [-0.1, -0.05) is 42.5 Å². The van der Waals surface area contributed by atoms with Gasteiger partial charge in [-0.15, -0.1) is 11.6 Å². The largest absolute Gasteiger partial charge is 4.00 e. The molecule has 1 nitrogen and oxygen atoms in total. The zero-order chi connectivity index (χ0) is 15.5. The third kappa shape index (κ3) is 4.83. The van der Waals surface area contributed by atoms with Crippen LogP contribution in [0.5, 0.6) is 0 Å². The van der Waals surface area contributed by atoms with Gasteiger partial charge in [0.05, 0.1) is 0 Å². The summed E-state index contributed by atoms with van der Waals surface area (Å²) < 4.78 is 2.24. The average Bonchev–Trinajstić information content (AvgIpc) is 3.34. The number of rotatable bonds is 1. The molecule has 0 spiro atoms. The molecule has 1 aromatic heterocycles. The summed E-state index contributed by atoms with van der Waals surface area (Å²) in [5.41, 5.74) is 2.61. The third-order valence-corrected chi connectivity index (χ3v) is 4.11. The summed E-state index contributed by atoms with van der Waals surface area (Å²) >= 11 is 0. The minimum Gasteiger partial charge on any atom is -1.00 e. The van der Waals surface area contributed by atoms with Crippen molar-refractivity contribution in [1.29, 1.82) is 0 Å². The van der Waals surface area contributed by atoms with Gasteiger partial charge in [0.1, 0.15) is 0 Å². The quantitative estimate of drug-likeness (QED) is 0.339. The van der Waals surface area contributed by atoms with E-state index < -0.39 is 0 Å². The van der Waals surface area contributed by atoms with E-state index in [0.717, 1.165) is 0 Å². The van der Waals surface area contributed by atoms with Crippen LogP contribution in [0.3, 0.4) is 0 Å². The molecule has 4 heteroatoms. The summed E-state index contributed by atoms with van der Waals surface area (Å²) in [6.45, 7) is 0. The van der Waals surface area contributed by atoms with Crippen LogP contribution in [-0.2, 0) is 26.2 Å². The van der Waals surface area contributed by atoms with Crippen molar-refractivity contribution in [3.05, 3.63) is 108 Å². The van der Waals surface area contributed by atoms with Crippen LogP contribution in [0.2, 0.25) is 0 Å². The van der Waals surface area contributed by atoms with Crippen LogP contribution in [0.4, 0.5) is 0 Å². The Labute approximate surface area is 186 Å². The van der Waals surface area contributed by atoms with Crippen LogP contribution in [0.1, 0.15) is 17.2 Å². The number of hydrogen-bond donors (Lipinski definition) is 0. The van der Waals surface area contributed by atoms with Crippen LogP contribution in [0.25, 0.3) is 16.8 Å². The molecule has 0 amide bonds. The second-order valence-corrected chi connectivity index (χ2v) is 5.64. The van der Waals surface area contributed by atoms with E-state index in [9.17, 15) is 0 Å². The number of aromatic nitrogens is 1. The van der Waals surface area contributed by atoms with Crippen molar-refractivity contribution >= 4 is 16.8 Å². The molecule has 0 radical (unpaired) electrons. The maximum absolute atomic E-state index is 3.44. The Balaban J connectivity index is 0.000000372. The van der Waals surface area contributed by atoms with Gasteiger partial charge >= 0.3 is 26.2 Å². The first-order valence-corrected chi connectivity index (χ1v) is 7.83. The maximum atomic E-state index is 3.44. The van der Waals surface area contributed by atoms with E-state index in [1.807, 2.05) is 30.3 Å². The van der Waals surface area contributed by atoms with E-state index in [1.54, 1.807) is 0 Å². The van der Waals surface area contributed by atoms with Gasteiger partial charge < -0.3 is 29.4 Å². The van der Waals surface area contributed by atoms with Crippen LogP contribution < -0.4 is 24.8 Å². The summed E-state index contributed by atoms with van der Waals surface area (Å²) in [4.78, 5) is 0. The minimum absolute atomic E-state index is 0. The van der Waals surface area contributed by atoms with Crippen molar-refractivity contribution in [1.82, 2.24) is 4.57 Å². The molecule has 0 fully saturated rings. The SMILES string of the molecule is [C-]1=Cc2ccccc2C1n1cc2ccccc2c1.[Cl-].[Cl-].[Zr+4].c1cc[cH-]c1. The topological polar surface area (TPSA) is 4.93 Å². The van der Waals surface area contributed by atoms with Crippen LogP contribution in [0, 0.1) is 6.08 Å². The van der Waals surface area contributed by atoms with Gasteiger partial charge in [-0.2, -0.15) is 23.8 Å². The molecular weight excluding hydrogens is 440 g/mol. The molecule has 0 saturated heterocycles. The smallest absolute Gasteiger partial charge is 1.00 e. The fourth-order valence-corrected chi connectivity index (χ4v) is 2.97. The molecule has 26 heavy (non-hydrogen) atoms. The zero-order valence-electron chi connectivity index (χ0n) is 14.0. The van der Waals surface area contributed by atoms with Crippen molar-refractivity contribution in [2.24, 2.45) is 0 Å². The molecule has 5 rings (SSSR count). The fraction of sp³-hybridized carbons (Fsp3) is 0.0455. The van der Waals surface area contributed by atoms with Crippen molar-refractivity contribution < 1.29 is 51.0 Å². The predicted octanol–water partition coefficient (Wildman–Crippen LogP) is -0.528. The summed E-state index contributed by atoms with van der Waals surface area (Å²) in [5.74, 6) is 0. The molecule has 1 aliphatic carbocycles. The molecule has 0 bridgehead atoms. The normalized spacial score (nSPS) is 13.5. The number of nitrogens with zero attached hydrogens (tertiary/aromatic N) is 1. The van der Waals surface area contributed by atoms with Gasteiger partial charge in [0, 0.05) is 12.4 Å². The van der Waals surface area contributed by atoms with E-state index in [0.29, 0.717) is 0 Å². The van der Waals surface area contributed by atoms with Gasteiger partial charge in [0.2, 0.25) is 0 Å². The van der Waals surface area contributed by atoms with Crippen LogP contribution in [-0.4, -0.2) is 4.57 Å². The predicted molar refractivity (Wildman–Crippen MR) is 96.3 cm³/mol. The van der Waals surface area contributed by atoms with Gasteiger partial charge in [0.15, 0.2) is 0 Å². The number of halogens is 2. The molecule has 3 aromatic carbocycles. The van der Waals surface area contributed by atoms with Crippen molar-refractivity contribution in [3.63, 3.8) is 0 Å². The summed E-state index contributed by atoms with van der Waals surface area (Å²) in [5, 5.41) is 2.56. The molecule has 0 aliphatic heterocycles. The van der Waals surface area contributed by atoms with E-state index in [1.165, 1.54) is 21.9 Å². The van der Waals surface area contributed by atoms with Crippen molar-refractivity contribution in [2.75, 3.05) is 0 Å². The molecule has 4 aromatic rings. The molecule has 1 unspecified atom stereocenters. The van der Waals surface area contributed by atoms with Gasteiger partial charge in [-0.25, -0.2) is 24.3 Å². The number of allylic oxidation sites excluding steroid dienone is 1. The second-order valence-electron chi connectivity index (χ2n) is 5.64. The Morgan fingerprint density at radius 3 is 1.92 bits per heavy atom. The molecule has 0 saturated carbocycles. The molecule has 0 N–H and O–H groups in total. The van der Waals surface area contributed by atoms with E-state index >= 15 is 0 Å².